The van der Waals surface area contributed by atoms with Gasteiger partial charge >= 0.3 is 0 Å². The van der Waals surface area contributed by atoms with Crippen molar-refractivity contribution in [2.24, 2.45) is 0 Å². The fourth-order valence-electron chi connectivity index (χ4n) is 3.10. The standard InChI is InChI=1S/C20H23ClN2O4S/c21-15-6-8-16(9-7-15)22-20(24)14-27-18-10-12-19(13-11-18)28(25,26)23-17-4-2-1-3-5-17/h6-13,17,23H,1-5,14H2,(H,22,24). The zero-order valence-corrected chi connectivity index (χ0v) is 16.9. The summed E-state index contributed by atoms with van der Waals surface area (Å²) in [4.78, 5) is 12.1. The van der Waals surface area contributed by atoms with E-state index in [9.17, 15) is 13.2 Å². The van der Waals surface area contributed by atoms with Gasteiger partial charge in [-0.2, -0.15) is 0 Å². The van der Waals surface area contributed by atoms with E-state index in [1.807, 2.05) is 0 Å². The Morgan fingerprint density at radius 2 is 1.64 bits per heavy atom. The zero-order valence-electron chi connectivity index (χ0n) is 15.4. The molecule has 6 nitrogen and oxygen atoms in total. The molecule has 0 saturated heterocycles. The quantitative estimate of drug-likeness (QED) is 0.707. The first-order valence-corrected chi connectivity index (χ1v) is 11.1. The number of halogens is 1. The predicted octanol–water partition coefficient (Wildman–Crippen LogP) is 3.97. The fraction of sp³-hybridized carbons (Fsp3) is 0.350. The van der Waals surface area contributed by atoms with Gasteiger partial charge in [0, 0.05) is 16.8 Å². The lowest BCUT2D eigenvalue weighted by molar-refractivity contribution is -0.118. The van der Waals surface area contributed by atoms with E-state index in [0.29, 0.717) is 16.5 Å². The number of ether oxygens (including phenoxy) is 1. The van der Waals surface area contributed by atoms with E-state index >= 15 is 0 Å². The predicted molar refractivity (Wildman–Crippen MR) is 109 cm³/mol. The first-order chi connectivity index (χ1) is 13.4. The van der Waals surface area contributed by atoms with Crippen LogP contribution in [0.4, 0.5) is 5.69 Å². The number of benzene rings is 2. The van der Waals surface area contributed by atoms with Crippen molar-refractivity contribution in [3.05, 3.63) is 53.6 Å². The number of sulfonamides is 1. The van der Waals surface area contributed by atoms with Crippen molar-refractivity contribution in [3.63, 3.8) is 0 Å². The van der Waals surface area contributed by atoms with Gasteiger partial charge in [0.15, 0.2) is 6.61 Å². The Morgan fingerprint density at radius 3 is 2.29 bits per heavy atom. The average Bonchev–Trinajstić information content (AvgIpc) is 2.69. The third-order valence-electron chi connectivity index (χ3n) is 4.56. The Kier molecular flexibility index (Phi) is 6.93. The van der Waals surface area contributed by atoms with Crippen LogP contribution in [-0.2, 0) is 14.8 Å². The minimum Gasteiger partial charge on any atom is -0.484 e. The number of amides is 1. The van der Waals surface area contributed by atoms with Crippen LogP contribution in [0.3, 0.4) is 0 Å². The molecule has 1 aliphatic carbocycles. The Labute approximate surface area is 170 Å². The SMILES string of the molecule is O=C(COc1ccc(S(=O)(=O)NC2CCCCC2)cc1)Nc1ccc(Cl)cc1. The van der Waals surface area contributed by atoms with Gasteiger partial charge in [0.1, 0.15) is 5.75 Å². The topological polar surface area (TPSA) is 84.5 Å². The third kappa shape index (κ3) is 5.95. The smallest absolute Gasteiger partial charge is 0.262 e. The molecule has 8 heteroatoms. The van der Waals surface area contributed by atoms with Gasteiger partial charge in [-0.15, -0.1) is 0 Å². The van der Waals surface area contributed by atoms with Gasteiger partial charge in [0.05, 0.1) is 4.90 Å². The van der Waals surface area contributed by atoms with Gasteiger partial charge in [0.2, 0.25) is 10.0 Å². The van der Waals surface area contributed by atoms with Gasteiger partial charge in [-0.3, -0.25) is 4.79 Å². The summed E-state index contributed by atoms with van der Waals surface area (Å²) >= 11 is 5.80. The molecule has 2 N–H and O–H groups in total. The molecule has 28 heavy (non-hydrogen) atoms. The van der Waals surface area contributed by atoms with Crippen LogP contribution in [0.2, 0.25) is 5.02 Å². The Hall–Kier alpha value is -2.09. The highest BCUT2D eigenvalue weighted by Gasteiger charge is 2.21. The Balaban J connectivity index is 1.52. The molecule has 0 spiro atoms. The summed E-state index contributed by atoms with van der Waals surface area (Å²) in [6.45, 7) is -0.185. The number of carbonyl (C=O) groups is 1. The summed E-state index contributed by atoms with van der Waals surface area (Å²) in [5.41, 5.74) is 0.619. The summed E-state index contributed by atoms with van der Waals surface area (Å²) in [7, 11) is -3.55. The number of nitrogens with one attached hydrogen (secondary N) is 2. The van der Waals surface area contributed by atoms with E-state index in [1.165, 1.54) is 12.1 Å². The van der Waals surface area contributed by atoms with Crippen LogP contribution in [0, 0.1) is 0 Å². The van der Waals surface area contributed by atoms with Crippen LogP contribution < -0.4 is 14.8 Å². The largest absolute Gasteiger partial charge is 0.484 e. The first kappa shape index (κ1) is 20.6. The summed E-state index contributed by atoms with van der Waals surface area (Å²) in [6.07, 6.45) is 5.03. The first-order valence-electron chi connectivity index (χ1n) is 9.23. The monoisotopic (exact) mass is 422 g/mol. The van der Waals surface area contributed by atoms with Crippen molar-refractivity contribution in [1.29, 1.82) is 0 Å². The molecule has 1 amide bonds. The van der Waals surface area contributed by atoms with Crippen molar-refractivity contribution in [2.45, 2.75) is 43.0 Å². The molecule has 3 rings (SSSR count). The molecule has 2 aromatic rings. The maximum Gasteiger partial charge on any atom is 0.262 e. The van der Waals surface area contributed by atoms with Crippen molar-refractivity contribution >= 4 is 33.2 Å². The van der Waals surface area contributed by atoms with E-state index < -0.39 is 10.0 Å². The van der Waals surface area contributed by atoms with E-state index in [-0.39, 0.29) is 23.5 Å². The highest BCUT2D eigenvalue weighted by atomic mass is 35.5. The minimum atomic E-state index is -3.55. The molecule has 0 bridgehead atoms. The molecule has 0 radical (unpaired) electrons. The molecule has 2 aromatic carbocycles. The number of hydrogen-bond donors (Lipinski definition) is 2. The third-order valence-corrected chi connectivity index (χ3v) is 6.35. The number of carbonyl (C=O) groups excluding carboxylic acids is 1. The van der Waals surface area contributed by atoms with E-state index in [0.717, 1.165) is 32.1 Å². The van der Waals surface area contributed by atoms with Crippen LogP contribution >= 0.6 is 11.6 Å². The second-order valence-electron chi connectivity index (χ2n) is 6.77. The van der Waals surface area contributed by atoms with Gasteiger partial charge in [-0.1, -0.05) is 30.9 Å². The van der Waals surface area contributed by atoms with Gasteiger partial charge in [-0.25, -0.2) is 13.1 Å². The van der Waals surface area contributed by atoms with Crippen molar-refractivity contribution in [3.8, 4) is 5.75 Å². The zero-order chi connectivity index (χ0) is 20.0. The number of anilines is 1. The summed E-state index contributed by atoms with van der Waals surface area (Å²) in [6, 6.07) is 12.8. The van der Waals surface area contributed by atoms with Crippen LogP contribution in [0.25, 0.3) is 0 Å². The number of rotatable bonds is 7. The van der Waals surface area contributed by atoms with E-state index in [1.54, 1.807) is 36.4 Å². The summed E-state index contributed by atoms with van der Waals surface area (Å²) < 4.78 is 33.2. The van der Waals surface area contributed by atoms with Crippen molar-refractivity contribution in [1.82, 2.24) is 4.72 Å². The Bertz CT molecular complexity index is 893. The van der Waals surface area contributed by atoms with Gasteiger partial charge in [-0.05, 0) is 61.4 Å². The molecule has 0 atom stereocenters. The summed E-state index contributed by atoms with van der Waals surface area (Å²) in [5.74, 6) is 0.0980. The van der Waals surface area contributed by atoms with Crippen LogP contribution in [0.5, 0.6) is 5.75 Å². The second kappa shape index (κ2) is 9.41. The lowest BCUT2D eigenvalue weighted by atomic mass is 9.96. The molecule has 150 valence electrons. The Morgan fingerprint density at radius 1 is 1.00 bits per heavy atom. The van der Waals surface area contributed by atoms with E-state index in [4.69, 9.17) is 16.3 Å². The molecule has 0 unspecified atom stereocenters. The highest BCUT2D eigenvalue weighted by Crippen LogP contribution is 2.21. The minimum absolute atomic E-state index is 0.00578. The van der Waals surface area contributed by atoms with Crippen molar-refractivity contribution < 1.29 is 17.9 Å². The molecule has 1 aliphatic rings. The van der Waals surface area contributed by atoms with Gasteiger partial charge in [0.25, 0.3) is 5.91 Å². The fourth-order valence-corrected chi connectivity index (χ4v) is 4.53. The average molecular weight is 423 g/mol. The van der Waals surface area contributed by atoms with Crippen LogP contribution in [-0.4, -0.2) is 27.0 Å². The number of hydrogen-bond acceptors (Lipinski definition) is 4. The van der Waals surface area contributed by atoms with Crippen LogP contribution in [0.1, 0.15) is 32.1 Å². The molecule has 0 aliphatic heterocycles. The highest BCUT2D eigenvalue weighted by molar-refractivity contribution is 7.89. The maximum absolute atomic E-state index is 12.5. The van der Waals surface area contributed by atoms with E-state index in [2.05, 4.69) is 10.0 Å². The lowest BCUT2D eigenvalue weighted by Crippen LogP contribution is -2.36. The van der Waals surface area contributed by atoms with Crippen LogP contribution in [0.15, 0.2) is 53.4 Å². The molecular formula is C20H23ClN2O4S. The molecule has 1 saturated carbocycles. The normalized spacial score (nSPS) is 15.2. The second-order valence-corrected chi connectivity index (χ2v) is 8.92. The molecule has 0 heterocycles. The molecular weight excluding hydrogens is 400 g/mol. The van der Waals surface area contributed by atoms with Gasteiger partial charge < -0.3 is 10.1 Å². The summed E-state index contributed by atoms with van der Waals surface area (Å²) in [5, 5.41) is 3.28. The molecule has 1 fully saturated rings. The maximum atomic E-state index is 12.5. The van der Waals surface area contributed by atoms with Crippen molar-refractivity contribution in [2.75, 3.05) is 11.9 Å². The molecule has 0 aromatic heterocycles. The lowest BCUT2D eigenvalue weighted by Gasteiger charge is -2.22.